The summed E-state index contributed by atoms with van der Waals surface area (Å²) in [7, 11) is -5.15. The number of carbonyl (C=O) groups excluding carboxylic acids is 2. The minimum absolute atomic E-state index is 0.0373. The third kappa shape index (κ3) is 30.5. The normalized spacial score (nSPS) is 22.6. The van der Waals surface area contributed by atoms with Gasteiger partial charge in [0.2, 0.25) is 0 Å². The number of aliphatic hydroxyl groups excluding tert-OH is 5. The van der Waals surface area contributed by atoms with E-state index in [-0.39, 0.29) is 12.8 Å². The van der Waals surface area contributed by atoms with Crippen LogP contribution in [0.2, 0.25) is 0 Å². The summed E-state index contributed by atoms with van der Waals surface area (Å²) >= 11 is 0. The molecule has 0 spiro atoms. The van der Waals surface area contributed by atoms with Crippen molar-refractivity contribution in [2.45, 2.75) is 185 Å². The fraction of sp³-hybridized carbons (Fsp3) is 0.633. The fourth-order valence-electron chi connectivity index (χ4n) is 6.22. The van der Waals surface area contributed by atoms with E-state index in [0.717, 1.165) is 77.0 Å². The number of aliphatic hydroxyl groups is 5. The predicted octanol–water partition coefficient (Wildman–Crippen LogP) is 9.05. The minimum Gasteiger partial charge on any atom is -0.462 e. The third-order valence-electron chi connectivity index (χ3n) is 9.92. The van der Waals surface area contributed by atoms with Crippen LogP contribution in [0.5, 0.6) is 0 Å². The zero-order chi connectivity index (χ0) is 46.4. The monoisotopic (exact) mass is 907 g/mol. The lowest BCUT2D eigenvalue weighted by atomic mass is 9.85. The molecular weight excluding hydrogens is 828 g/mol. The molecule has 1 aliphatic carbocycles. The summed E-state index contributed by atoms with van der Waals surface area (Å²) in [6.07, 6.45) is 37.6. The standard InChI is InChI=1S/C49H79O13P/c1-3-5-7-9-11-13-15-17-19-20-21-22-24-26-28-30-32-34-36-38-43(51)61-41(40-60-63(57,58)62-49-47(55)45(53)44(52)46(54)48(49)56)39-59-42(50)37-35-33-31-29-27-25-23-18-16-14-12-10-8-6-4-2/h5,7,11-14,17-19,21-23,26,28,32,34,41,44-49,52-56H,3-4,6,8-10,15-16,20,24-25,27,29-31,33,35-40H2,1-2H3,(H,57,58)/b7-5+,13-11+,14-12+,19-17+,22-21+,23-18+,28-26+,34-32+/t41-,44?,45-,46?,47?,48?,49?/m1/s1. The summed E-state index contributed by atoms with van der Waals surface area (Å²) in [6.45, 7) is 3.07. The molecule has 0 amide bonds. The van der Waals surface area contributed by atoms with E-state index in [2.05, 4.69) is 92.8 Å². The second-order valence-corrected chi connectivity index (χ2v) is 16.9. The highest BCUT2D eigenvalue weighted by Gasteiger charge is 2.51. The van der Waals surface area contributed by atoms with Crippen LogP contribution >= 0.6 is 7.82 Å². The molecule has 0 saturated heterocycles. The van der Waals surface area contributed by atoms with E-state index in [1.165, 1.54) is 19.3 Å². The summed E-state index contributed by atoms with van der Waals surface area (Å²) in [5.74, 6) is -1.22. The van der Waals surface area contributed by atoms with Gasteiger partial charge in [-0.1, -0.05) is 143 Å². The Morgan fingerprint density at radius 3 is 1.44 bits per heavy atom. The maximum Gasteiger partial charge on any atom is 0.472 e. The minimum atomic E-state index is -5.15. The molecule has 63 heavy (non-hydrogen) atoms. The summed E-state index contributed by atoms with van der Waals surface area (Å²) in [6, 6.07) is 0. The highest BCUT2D eigenvalue weighted by atomic mass is 31.2. The van der Waals surface area contributed by atoms with Gasteiger partial charge < -0.3 is 39.9 Å². The molecule has 0 aromatic heterocycles. The van der Waals surface area contributed by atoms with Crippen molar-refractivity contribution < 1.29 is 63.1 Å². The van der Waals surface area contributed by atoms with Crippen LogP contribution in [0.4, 0.5) is 0 Å². The summed E-state index contributed by atoms with van der Waals surface area (Å²) < 4.78 is 33.4. The number of phosphoric ester groups is 1. The number of allylic oxidation sites excluding steroid dienone is 16. The van der Waals surface area contributed by atoms with Crippen LogP contribution in [-0.2, 0) is 32.7 Å². The van der Waals surface area contributed by atoms with E-state index in [4.69, 9.17) is 18.5 Å². The SMILES string of the molecule is CC/C=C/C/C=C/C/C=C/C/C=C/C/C=C/C/C=C/CCC(=O)O[C@H](COC(=O)CCCCCCC/C=C/C/C=C/CCCCC)COP(=O)(O)OC1C(O)C(O)C(O)[C@@H](O)C1O. The molecule has 6 unspecified atom stereocenters. The number of hydrogen-bond acceptors (Lipinski definition) is 12. The van der Waals surface area contributed by atoms with Gasteiger partial charge in [0.15, 0.2) is 6.10 Å². The first-order chi connectivity index (χ1) is 30.4. The predicted molar refractivity (Wildman–Crippen MR) is 248 cm³/mol. The molecule has 0 heterocycles. The van der Waals surface area contributed by atoms with Crippen molar-refractivity contribution in [3.63, 3.8) is 0 Å². The van der Waals surface area contributed by atoms with Crippen LogP contribution in [-0.4, -0.2) is 98.3 Å². The van der Waals surface area contributed by atoms with Crippen molar-refractivity contribution >= 4 is 19.8 Å². The van der Waals surface area contributed by atoms with Gasteiger partial charge in [0.1, 0.15) is 43.2 Å². The van der Waals surface area contributed by atoms with Crippen LogP contribution in [0.15, 0.2) is 97.2 Å². The lowest BCUT2D eigenvalue weighted by molar-refractivity contribution is -0.220. The second kappa shape index (κ2) is 38.1. The summed E-state index contributed by atoms with van der Waals surface area (Å²) in [5, 5.41) is 50.1. The molecule has 1 rings (SSSR count). The number of unbranched alkanes of at least 4 members (excludes halogenated alkanes) is 8. The number of hydrogen-bond donors (Lipinski definition) is 6. The quantitative estimate of drug-likeness (QED) is 0.0150. The Bertz CT molecular complexity index is 1470. The molecule has 0 aromatic rings. The van der Waals surface area contributed by atoms with Gasteiger partial charge in [-0.05, 0) is 83.5 Å². The van der Waals surface area contributed by atoms with E-state index >= 15 is 0 Å². The van der Waals surface area contributed by atoms with E-state index in [9.17, 15) is 44.6 Å². The van der Waals surface area contributed by atoms with Gasteiger partial charge in [-0.2, -0.15) is 0 Å². The number of phosphoric acid groups is 1. The fourth-order valence-corrected chi connectivity index (χ4v) is 7.20. The van der Waals surface area contributed by atoms with Gasteiger partial charge >= 0.3 is 19.8 Å². The second-order valence-electron chi connectivity index (χ2n) is 15.5. The molecular formula is C49H79O13P. The molecule has 13 nitrogen and oxygen atoms in total. The van der Waals surface area contributed by atoms with E-state index in [0.29, 0.717) is 19.3 Å². The first-order valence-electron chi connectivity index (χ1n) is 23.0. The molecule has 0 aromatic carbocycles. The highest BCUT2D eigenvalue weighted by Crippen LogP contribution is 2.47. The van der Waals surface area contributed by atoms with Crippen molar-refractivity contribution in [2.75, 3.05) is 13.2 Å². The van der Waals surface area contributed by atoms with E-state index in [1.54, 1.807) is 0 Å². The zero-order valence-electron chi connectivity index (χ0n) is 37.8. The Balaban J connectivity index is 2.54. The number of esters is 2. The van der Waals surface area contributed by atoms with Crippen LogP contribution in [0.1, 0.15) is 142 Å². The van der Waals surface area contributed by atoms with Crippen molar-refractivity contribution in [3.05, 3.63) is 97.2 Å². The maximum atomic E-state index is 12.8. The first kappa shape index (κ1) is 57.8. The molecule has 0 aliphatic heterocycles. The molecule has 14 heteroatoms. The van der Waals surface area contributed by atoms with Crippen molar-refractivity contribution in [1.82, 2.24) is 0 Å². The molecule has 1 aliphatic rings. The molecule has 8 atom stereocenters. The molecule has 1 fully saturated rings. The summed E-state index contributed by atoms with van der Waals surface area (Å²) in [4.78, 5) is 35.7. The first-order valence-corrected chi connectivity index (χ1v) is 24.5. The van der Waals surface area contributed by atoms with Crippen molar-refractivity contribution in [3.8, 4) is 0 Å². The van der Waals surface area contributed by atoms with Crippen LogP contribution in [0, 0.1) is 0 Å². The Hall–Kier alpha value is -3.23. The maximum absolute atomic E-state index is 12.8. The lowest BCUT2D eigenvalue weighted by Crippen LogP contribution is -2.64. The van der Waals surface area contributed by atoms with Gasteiger partial charge in [0, 0.05) is 12.8 Å². The zero-order valence-corrected chi connectivity index (χ0v) is 38.7. The highest BCUT2D eigenvalue weighted by molar-refractivity contribution is 7.47. The average Bonchev–Trinajstić information content (AvgIpc) is 3.26. The van der Waals surface area contributed by atoms with Gasteiger partial charge in [-0.15, -0.1) is 0 Å². The topological polar surface area (TPSA) is 210 Å². The Kier molecular flexibility index (Phi) is 34.9. The summed E-state index contributed by atoms with van der Waals surface area (Å²) in [5.41, 5.74) is 0. The van der Waals surface area contributed by atoms with Gasteiger partial charge in [0.25, 0.3) is 0 Å². The van der Waals surface area contributed by atoms with Crippen LogP contribution in [0.3, 0.4) is 0 Å². The van der Waals surface area contributed by atoms with E-state index in [1.807, 2.05) is 18.2 Å². The smallest absolute Gasteiger partial charge is 0.462 e. The Labute approximate surface area is 377 Å². The number of rotatable bonds is 36. The van der Waals surface area contributed by atoms with Gasteiger partial charge in [0.05, 0.1) is 6.61 Å². The van der Waals surface area contributed by atoms with Crippen molar-refractivity contribution in [2.24, 2.45) is 0 Å². The number of ether oxygens (including phenoxy) is 2. The Morgan fingerprint density at radius 2 is 0.937 bits per heavy atom. The average molecular weight is 907 g/mol. The molecule has 0 bridgehead atoms. The van der Waals surface area contributed by atoms with Gasteiger partial charge in [-0.25, -0.2) is 4.57 Å². The van der Waals surface area contributed by atoms with E-state index < -0.39 is 75.7 Å². The van der Waals surface area contributed by atoms with Crippen molar-refractivity contribution in [1.29, 1.82) is 0 Å². The van der Waals surface area contributed by atoms with Gasteiger partial charge in [-0.3, -0.25) is 18.6 Å². The molecule has 358 valence electrons. The molecule has 0 radical (unpaired) electrons. The van der Waals surface area contributed by atoms with Crippen LogP contribution < -0.4 is 0 Å². The number of carbonyl (C=O) groups is 2. The third-order valence-corrected chi connectivity index (χ3v) is 10.9. The molecule has 6 N–H and O–H groups in total. The Morgan fingerprint density at radius 1 is 0.508 bits per heavy atom. The lowest BCUT2D eigenvalue weighted by Gasteiger charge is -2.41. The van der Waals surface area contributed by atoms with Crippen LogP contribution in [0.25, 0.3) is 0 Å². The largest absolute Gasteiger partial charge is 0.472 e. The molecule has 1 saturated carbocycles.